The standard InChI is InChI=1S/C6H9NO2/c1-2-9-6-5(8)3-4-7-6/h3-4,7-8H,2H2,1H3. The highest BCUT2D eigenvalue weighted by Gasteiger charge is 1.98. The zero-order chi connectivity index (χ0) is 6.69. The molecular formula is C6H9NO2. The van der Waals surface area contributed by atoms with E-state index in [-0.39, 0.29) is 5.75 Å². The van der Waals surface area contributed by atoms with E-state index in [9.17, 15) is 0 Å². The van der Waals surface area contributed by atoms with Gasteiger partial charge in [-0.2, -0.15) is 0 Å². The third-order valence-electron chi connectivity index (χ3n) is 0.977. The number of aromatic nitrogens is 1. The molecule has 2 N–H and O–H groups in total. The normalized spacial score (nSPS) is 9.44. The molecule has 0 amide bonds. The zero-order valence-corrected chi connectivity index (χ0v) is 5.22. The van der Waals surface area contributed by atoms with Crippen LogP contribution in [0.15, 0.2) is 12.3 Å². The molecule has 3 heteroatoms. The van der Waals surface area contributed by atoms with Crippen molar-refractivity contribution in [3.8, 4) is 11.6 Å². The summed E-state index contributed by atoms with van der Waals surface area (Å²) in [5.74, 6) is 0.606. The van der Waals surface area contributed by atoms with E-state index in [2.05, 4.69) is 4.98 Å². The second-order valence-corrected chi connectivity index (χ2v) is 1.63. The molecule has 3 nitrogen and oxygen atoms in total. The van der Waals surface area contributed by atoms with Crippen LogP contribution in [0.3, 0.4) is 0 Å². The minimum atomic E-state index is 0.164. The summed E-state index contributed by atoms with van der Waals surface area (Å²) in [6.45, 7) is 2.42. The van der Waals surface area contributed by atoms with E-state index in [0.29, 0.717) is 12.5 Å². The van der Waals surface area contributed by atoms with E-state index in [1.165, 1.54) is 0 Å². The van der Waals surface area contributed by atoms with E-state index in [1.807, 2.05) is 6.92 Å². The van der Waals surface area contributed by atoms with Crippen LogP contribution in [0.25, 0.3) is 0 Å². The Bertz CT molecular complexity index is 183. The quantitative estimate of drug-likeness (QED) is 0.625. The molecule has 0 radical (unpaired) electrons. The topological polar surface area (TPSA) is 45.2 Å². The summed E-state index contributed by atoms with van der Waals surface area (Å²) in [7, 11) is 0. The Morgan fingerprint density at radius 2 is 2.56 bits per heavy atom. The minimum absolute atomic E-state index is 0.164. The highest BCUT2D eigenvalue weighted by Crippen LogP contribution is 2.21. The van der Waals surface area contributed by atoms with Gasteiger partial charge in [-0.05, 0) is 6.92 Å². The lowest BCUT2D eigenvalue weighted by atomic mass is 10.6. The second-order valence-electron chi connectivity index (χ2n) is 1.63. The van der Waals surface area contributed by atoms with Crippen molar-refractivity contribution in [1.29, 1.82) is 0 Å². The predicted octanol–water partition coefficient (Wildman–Crippen LogP) is 1.12. The molecule has 0 atom stereocenters. The minimum Gasteiger partial charge on any atom is -0.503 e. The third kappa shape index (κ3) is 1.16. The maximum atomic E-state index is 8.93. The van der Waals surface area contributed by atoms with Crippen LogP contribution in [0.4, 0.5) is 0 Å². The lowest BCUT2D eigenvalue weighted by Gasteiger charge is -1.97. The Kier molecular flexibility index (Phi) is 1.63. The first-order valence-electron chi connectivity index (χ1n) is 2.83. The molecule has 0 bridgehead atoms. The predicted molar refractivity (Wildman–Crippen MR) is 33.6 cm³/mol. The first-order chi connectivity index (χ1) is 4.34. The third-order valence-corrected chi connectivity index (χ3v) is 0.977. The molecule has 50 valence electrons. The Balaban J connectivity index is 2.69. The van der Waals surface area contributed by atoms with Crippen LogP contribution in [-0.4, -0.2) is 16.7 Å². The van der Waals surface area contributed by atoms with Crippen molar-refractivity contribution >= 4 is 0 Å². The molecule has 1 aromatic heterocycles. The fraction of sp³-hybridized carbons (Fsp3) is 0.333. The van der Waals surface area contributed by atoms with E-state index in [0.717, 1.165) is 0 Å². The van der Waals surface area contributed by atoms with Crippen LogP contribution in [0.5, 0.6) is 11.6 Å². The number of H-pyrrole nitrogens is 1. The van der Waals surface area contributed by atoms with Gasteiger partial charge in [-0.1, -0.05) is 0 Å². The molecular weight excluding hydrogens is 118 g/mol. The fourth-order valence-corrected chi connectivity index (χ4v) is 0.606. The molecule has 0 spiro atoms. The summed E-state index contributed by atoms with van der Waals surface area (Å²) in [5.41, 5.74) is 0. The molecule has 1 rings (SSSR count). The van der Waals surface area contributed by atoms with Crippen LogP contribution in [0.2, 0.25) is 0 Å². The van der Waals surface area contributed by atoms with Gasteiger partial charge >= 0.3 is 0 Å². The van der Waals surface area contributed by atoms with Gasteiger partial charge in [0.25, 0.3) is 0 Å². The van der Waals surface area contributed by atoms with Crippen LogP contribution in [0.1, 0.15) is 6.92 Å². The Morgan fingerprint density at radius 1 is 1.78 bits per heavy atom. The van der Waals surface area contributed by atoms with Gasteiger partial charge in [0.2, 0.25) is 5.88 Å². The highest BCUT2D eigenvalue weighted by atomic mass is 16.5. The number of hydrogen-bond donors (Lipinski definition) is 2. The van der Waals surface area contributed by atoms with Gasteiger partial charge in [0.15, 0.2) is 5.75 Å². The number of rotatable bonds is 2. The summed E-state index contributed by atoms with van der Waals surface area (Å²) in [5, 5.41) is 8.93. The molecule has 0 fully saturated rings. The first kappa shape index (κ1) is 6.01. The number of ether oxygens (including phenoxy) is 1. The van der Waals surface area contributed by atoms with Gasteiger partial charge < -0.3 is 14.8 Å². The number of aromatic hydroxyl groups is 1. The van der Waals surface area contributed by atoms with Gasteiger partial charge in [-0.15, -0.1) is 0 Å². The molecule has 0 saturated heterocycles. The second kappa shape index (κ2) is 2.44. The van der Waals surface area contributed by atoms with Gasteiger partial charge in [0, 0.05) is 12.3 Å². The summed E-state index contributed by atoms with van der Waals surface area (Å²) in [6, 6.07) is 1.55. The molecule has 1 aromatic rings. The number of aromatic amines is 1. The molecule has 0 aliphatic heterocycles. The van der Waals surface area contributed by atoms with Crippen molar-refractivity contribution in [3.63, 3.8) is 0 Å². The van der Waals surface area contributed by atoms with Crippen molar-refractivity contribution < 1.29 is 9.84 Å². The SMILES string of the molecule is CCOc1[nH]ccc1O. The molecule has 0 saturated carbocycles. The molecule has 0 unspecified atom stereocenters. The lowest BCUT2D eigenvalue weighted by Crippen LogP contribution is -1.90. The van der Waals surface area contributed by atoms with E-state index >= 15 is 0 Å². The van der Waals surface area contributed by atoms with Gasteiger partial charge in [-0.25, -0.2) is 0 Å². The molecule has 0 aliphatic rings. The highest BCUT2D eigenvalue weighted by molar-refractivity contribution is 5.31. The number of nitrogens with one attached hydrogen (secondary N) is 1. The monoisotopic (exact) mass is 127 g/mol. The van der Waals surface area contributed by atoms with Crippen LogP contribution in [0, 0.1) is 0 Å². The lowest BCUT2D eigenvalue weighted by molar-refractivity contribution is 0.308. The van der Waals surface area contributed by atoms with Gasteiger partial charge in [-0.3, -0.25) is 0 Å². The zero-order valence-electron chi connectivity index (χ0n) is 5.22. The summed E-state index contributed by atoms with van der Waals surface area (Å²) < 4.78 is 4.97. The van der Waals surface area contributed by atoms with Crippen molar-refractivity contribution in [2.45, 2.75) is 6.92 Å². The van der Waals surface area contributed by atoms with Gasteiger partial charge in [0.05, 0.1) is 6.61 Å². The maximum Gasteiger partial charge on any atom is 0.234 e. The molecule has 9 heavy (non-hydrogen) atoms. The molecule has 0 aliphatic carbocycles. The fourth-order valence-electron chi connectivity index (χ4n) is 0.606. The van der Waals surface area contributed by atoms with E-state index < -0.39 is 0 Å². The van der Waals surface area contributed by atoms with Crippen molar-refractivity contribution in [2.24, 2.45) is 0 Å². The Labute approximate surface area is 53.3 Å². The van der Waals surface area contributed by atoms with Crippen LogP contribution >= 0.6 is 0 Å². The Morgan fingerprint density at radius 3 is 3.00 bits per heavy atom. The average molecular weight is 127 g/mol. The molecule has 1 heterocycles. The van der Waals surface area contributed by atoms with Crippen LogP contribution < -0.4 is 4.74 Å². The van der Waals surface area contributed by atoms with Crippen molar-refractivity contribution in [1.82, 2.24) is 4.98 Å². The summed E-state index contributed by atoms with van der Waals surface area (Å²) in [6.07, 6.45) is 1.63. The van der Waals surface area contributed by atoms with E-state index in [1.54, 1.807) is 12.3 Å². The first-order valence-corrected chi connectivity index (χ1v) is 2.83. The maximum absolute atomic E-state index is 8.93. The number of hydrogen-bond acceptors (Lipinski definition) is 2. The van der Waals surface area contributed by atoms with Crippen molar-refractivity contribution in [3.05, 3.63) is 12.3 Å². The van der Waals surface area contributed by atoms with Crippen LogP contribution in [-0.2, 0) is 0 Å². The largest absolute Gasteiger partial charge is 0.503 e. The molecule has 0 aromatic carbocycles. The van der Waals surface area contributed by atoms with Crippen molar-refractivity contribution in [2.75, 3.05) is 6.61 Å². The van der Waals surface area contributed by atoms with Gasteiger partial charge in [0.1, 0.15) is 0 Å². The summed E-state index contributed by atoms with van der Waals surface area (Å²) >= 11 is 0. The Hall–Kier alpha value is -1.12. The smallest absolute Gasteiger partial charge is 0.234 e. The van der Waals surface area contributed by atoms with E-state index in [4.69, 9.17) is 9.84 Å². The summed E-state index contributed by atoms with van der Waals surface area (Å²) in [4.78, 5) is 2.73. The average Bonchev–Trinajstić information content (AvgIpc) is 2.18.